The van der Waals surface area contributed by atoms with Gasteiger partial charge in [0.05, 0.1) is 0 Å². The van der Waals surface area contributed by atoms with E-state index in [-0.39, 0.29) is 31.1 Å². The van der Waals surface area contributed by atoms with E-state index in [2.05, 4.69) is 81.5 Å². The summed E-state index contributed by atoms with van der Waals surface area (Å²) in [6.07, 6.45) is 63.4. The number of unbranched alkanes of at least 4 members (excludes halogenated alkanes) is 27. The summed E-state index contributed by atoms with van der Waals surface area (Å²) < 4.78 is 16.8. The van der Waals surface area contributed by atoms with E-state index >= 15 is 0 Å². The largest absolute Gasteiger partial charge is 0.462 e. The van der Waals surface area contributed by atoms with Crippen molar-refractivity contribution in [2.75, 3.05) is 13.2 Å². The number of hydrogen-bond acceptors (Lipinski definition) is 6. The van der Waals surface area contributed by atoms with Crippen molar-refractivity contribution in [2.24, 2.45) is 0 Å². The summed E-state index contributed by atoms with van der Waals surface area (Å²) in [6, 6.07) is 0. The molecule has 0 N–H and O–H groups in total. The van der Waals surface area contributed by atoms with Crippen LogP contribution in [0, 0.1) is 0 Å². The van der Waals surface area contributed by atoms with E-state index in [1.165, 1.54) is 122 Å². The maximum atomic E-state index is 12.8. The van der Waals surface area contributed by atoms with Crippen molar-refractivity contribution < 1.29 is 28.6 Å². The molecule has 6 nitrogen and oxygen atoms in total. The minimum absolute atomic E-state index is 0.0825. The Balaban J connectivity index is 4.38. The Kier molecular flexibility index (Phi) is 49.4. The van der Waals surface area contributed by atoms with Gasteiger partial charge >= 0.3 is 17.9 Å². The lowest BCUT2D eigenvalue weighted by molar-refractivity contribution is -0.167. The monoisotopic (exact) mass is 881 g/mol. The van der Waals surface area contributed by atoms with Gasteiger partial charge in [0.25, 0.3) is 0 Å². The van der Waals surface area contributed by atoms with Crippen LogP contribution in [0.2, 0.25) is 0 Å². The fourth-order valence-electron chi connectivity index (χ4n) is 7.42. The molecule has 0 fully saturated rings. The van der Waals surface area contributed by atoms with Crippen molar-refractivity contribution in [3.05, 3.63) is 60.8 Å². The zero-order valence-corrected chi connectivity index (χ0v) is 41.6. The first-order chi connectivity index (χ1) is 31.0. The third-order valence-corrected chi connectivity index (χ3v) is 11.5. The molecule has 1 atom stereocenters. The molecule has 0 saturated carbocycles. The average molecular weight is 881 g/mol. The first-order valence-electron chi connectivity index (χ1n) is 26.8. The standard InChI is InChI=1S/C57H100O6/c1-4-7-10-13-16-19-22-24-26-27-28-29-31-32-35-38-41-44-47-50-56(59)62-53-54(52-61-55(58)49-46-43-40-37-34-21-18-15-12-9-6-3)63-57(60)51-48-45-42-39-36-33-30-25-23-20-17-14-11-8-5-2/h16-17,19-20,24-26,28-30,54H,4-15,18,21-23,27,31-53H2,1-3H3/b19-16-,20-17-,26-24-,29-28-,30-25-/t54-/m1/s1. The summed E-state index contributed by atoms with van der Waals surface area (Å²) in [5, 5.41) is 0. The normalized spacial score (nSPS) is 12.5. The van der Waals surface area contributed by atoms with Gasteiger partial charge in [-0.3, -0.25) is 14.4 Å². The quantitative estimate of drug-likeness (QED) is 0.0262. The highest BCUT2D eigenvalue weighted by molar-refractivity contribution is 5.71. The third-order valence-electron chi connectivity index (χ3n) is 11.5. The van der Waals surface area contributed by atoms with Crippen molar-refractivity contribution >= 4 is 17.9 Å². The number of carbonyl (C=O) groups excluding carboxylic acids is 3. The highest BCUT2D eigenvalue weighted by Crippen LogP contribution is 2.15. The fourth-order valence-corrected chi connectivity index (χ4v) is 7.42. The van der Waals surface area contributed by atoms with Gasteiger partial charge in [0.2, 0.25) is 0 Å². The van der Waals surface area contributed by atoms with E-state index in [0.29, 0.717) is 19.3 Å². The van der Waals surface area contributed by atoms with E-state index in [9.17, 15) is 14.4 Å². The Morgan fingerprint density at radius 2 is 0.571 bits per heavy atom. The minimum Gasteiger partial charge on any atom is -0.462 e. The number of allylic oxidation sites excluding steroid dienone is 10. The molecule has 0 aliphatic carbocycles. The second kappa shape index (κ2) is 51.7. The molecule has 0 radical (unpaired) electrons. The summed E-state index contributed by atoms with van der Waals surface area (Å²) in [5.41, 5.74) is 0. The van der Waals surface area contributed by atoms with Gasteiger partial charge in [-0.25, -0.2) is 0 Å². The Hall–Kier alpha value is -2.89. The average Bonchev–Trinajstić information content (AvgIpc) is 3.28. The zero-order chi connectivity index (χ0) is 45.8. The predicted octanol–water partition coefficient (Wildman–Crippen LogP) is 17.6. The molecule has 0 spiro atoms. The second-order valence-corrected chi connectivity index (χ2v) is 17.8. The highest BCUT2D eigenvalue weighted by Gasteiger charge is 2.19. The summed E-state index contributed by atoms with van der Waals surface area (Å²) in [7, 11) is 0. The zero-order valence-electron chi connectivity index (χ0n) is 41.6. The lowest BCUT2D eigenvalue weighted by Crippen LogP contribution is -2.30. The van der Waals surface area contributed by atoms with Gasteiger partial charge in [0, 0.05) is 19.3 Å². The number of carbonyl (C=O) groups is 3. The van der Waals surface area contributed by atoms with Crippen LogP contribution in [0.3, 0.4) is 0 Å². The fraction of sp³-hybridized carbons (Fsp3) is 0.772. The molecule has 0 saturated heterocycles. The summed E-state index contributed by atoms with van der Waals surface area (Å²) >= 11 is 0. The molecule has 0 amide bonds. The van der Waals surface area contributed by atoms with Crippen LogP contribution in [0.5, 0.6) is 0 Å². The number of ether oxygens (including phenoxy) is 3. The van der Waals surface area contributed by atoms with Gasteiger partial charge in [-0.15, -0.1) is 0 Å². The Bertz CT molecular complexity index is 1150. The van der Waals surface area contributed by atoms with Gasteiger partial charge in [-0.2, -0.15) is 0 Å². The number of esters is 3. The van der Waals surface area contributed by atoms with Crippen LogP contribution in [0.4, 0.5) is 0 Å². The Morgan fingerprint density at radius 3 is 0.921 bits per heavy atom. The van der Waals surface area contributed by atoms with E-state index in [1.807, 2.05) is 0 Å². The lowest BCUT2D eigenvalue weighted by atomic mass is 10.1. The van der Waals surface area contributed by atoms with Crippen LogP contribution in [0.25, 0.3) is 0 Å². The molecule has 63 heavy (non-hydrogen) atoms. The van der Waals surface area contributed by atoms with E-state index in [4.69, 9.17) is 14.2 Å². The van der Waals surface area contributed by atoms with Crippen molar-refractivity contribution in [3.8, 4) is 0 Å². The maximum absolute atomic E-state index is 12.8. The first-order valence-corrected chi connectivity index (χ1v) is 26.8. The number of rotatable bonds is 48. The van der Waals surface area contributed by atoms with E-state index in [0.717, 1.165) is 103 Å². The van der Waals surface area contributed by atoms with Crippen LogP contribution in [-0.2, 0) is 28.6 Å². The minimum atomic E-state index is -0.784. The van der Waals surface area contributed by atoms with Crippen LogP contribution >= 0.6 is 0 Å². The molecule has 0 aliphatic heterocycles. The van der Waals surface area contributed by atoms with Crippen LogP contribution < -0.4 is 0 Å². The lowest BCUT2D eigenvalue weighted by Gasteiger charge is -2.18. The summed E-state index contributed by atoms with van der Waals surface area (Å²) in [4.78, 5) is 38.0. The molecular formula is C57H100O6. The highest BCUT2D eigenvalue weighted by atomic mass is 16.6. The van der Waals surface area contributed by atoms with Crippen molar-refractivity contribution in [3.63, 3.8) is 0 Å². The van der Waals surface area contributed by atoms with Crippen molar-refractivity contribution in [2.45, 2.75) is 271 Å². The Labute approximate surface area is 390 Å². The third kappa shape index (κ3) is 50.0. The van der Waals surface area contributed by atoms with Gasteiger partial charge in [-0.05, 0) is 89.9 Å². The van der Waals surface area contributed by atoms with Gasteiger partial charge in [-0.1, -0.05) is 216 Å². The molecule has 364 valence electrons. The summed E-state index contributed by atoms with van der Waals surface area (Å²) in [6.45, 7) is 6.56. The molecule has 0 aromatic heterocycles. The van der Waals surface area contributed by atoms with Gasteiger partial charge in [0.1, 0.15) is 13.2 Å². The van der Waals surface area contributed by atoms with E-state index < -0.39 is 6.10 Å². The Morgan fingerprint density at radius 1 is 0.317 bits per heavy atom. The molecule has 6 heteroatoms. The molecule has 0 unspecified atom stereocenters. The molecule has 0 aliphatic rings. The molecule has 0 aromatic carbocycles. The van der Waals surface area contributed by atoms with Crippen LogP contribution in [0.1, 0.15) is 265 Å². The van der Waals surface area contributed by atoms with Gasteiger partial charge in [0.15, 0.2) is 6.10 Å². The molecular weight excluding hydrogens is 781 g/mol. The van der Waals surface area contributed by atoms with Crippen molar-refractivity contribution in [1.82, 2.24) is 0 Å². The molecule has 0 bridgehead atoms. The molecule has 0 aromatic rings. The molecule has 0 heterocycles. The smallest absolute Gasteiger partial charge is 0.306 e. The van der Waals surface area contributed by atoms with Crippen molar-refractivity contribution in [1.29, 1.82) is 0 Å². The first kappa shape index (κ1) is 60.1. The maximum Gasteiger partial charge on any atom is 0.306 e. The van der Waals surface area contributed by atoms with Crippen LogP contribution in [-0.4, -0.2) is 37.2 Å². The summed E-state index contributed by atoms with van der Waals surface area (Å²) in [5.74, 6) is -0.904. The molecule has 0 rings (SSSR count). The second-order valence-electron chi connectivity index (χ2n) is 17.8. The topological polar surface area (TPSA) is 78.9 Å². The van der Waals surface area contributed by atoms with Gasteiger partial charge < -0.3 is 14.2 Å². The number of hydrogen-bond donors (Lipinski definition) is 0. The SMILES string of the molecule is CCCCC/C=C\C/C=C\C/C=C\CCCCCCCCC(=O)OC[C@@H](COC(=O)CCCCCCCCCCCCC)OC(=O)CCCCCCC/C=C\C/C=C\CCCCC. The van der Waals surface area contributed by atoms with Crippen LogP contribution in [0.15, 0.2) is 60.8 Å². The predicted molar refractivity (Wildman–Crippen MR) is 270 cm³/mol. The van der Waals surface area contributed by atoms with E-state index in [1.54, 1.807) is 0 Å².